The van der Waals surface area contributed by atoms with Crippen LogP contribution in [0.1, 0.15) is 6.92 Å². The molecule has 0 aliphatic heterocycles. The lowest BCUT2D eigenvalue weighted by Crippen LogP contribution is -1.93. The van der Waals surface area contributed by atoms with E-state index in [0.717, 1.165) is 22.4 Å². The highest BCUT2D eigenvalue weighted by Gasteiger charge is 2.12. The van der Waals surface area contributed by atoms with Crippen molar-refractivity contribution >= 4 is 27.0 Å². The Labute approximate surface area is 124 Å². The van der Waals surface area contributed by atoms with Crippen molar-refractivity contribution in [1.82, 2.24) is 9.97 Å². The van der Waals surface area contributed by atoms with E-state index in [-0.39, 0.29) is 5.75 Å². The molecule has 0 aliphatic carbocycles. The van der Waals surface area contributed by atoms with Gasteiger partial charge < -0.3 is 14.8 Å². The Kier molecular flexibility index (Phi) is 3.36. The third-order valence-electron chi connectivity index (χ3n) is 2.99. The minimum atomic E-state index is 0.103. The van der Waals surface area contributed by atoms with Crippen molar-refractivity contribution in [3.8, 4) is 22.9 Å². The number of aromatic amines is 1. The molecule has 0 unspecified atom stereocenters. The summed E-state index contributed by atoms with van der Waals surface area (Å²) >= 11 is 3.34. The van der Waals surface area contributed by atoms with E-state index < -0.39 is 0 Å². The summed E-state index contributed by atoms with van der Waals surface area (Å²) in [6, 6.07) is 11.4. The molecule has 102 valence electrons. The largest absolute Gasteiger partial charge is 0.503 e. The highest BCUT2D eigenvalue weighted by molar-refractivity contribution is 9.10. The van der Waals surface area contributed by atoms with Crippen molar-refractivity contribution in [3.05, 3.63) is 40.9 Å². The highest BCUT2D eigenvalue weighted by Crippen LogP contribution is 2.38. The van der Waals surface area contributed by atoms with Crippen LogP contribution in [0.4, 0.5) is 0 Å². The summed E-state index contributed by atoms with van der Waals surface area (Å²) in [6.07, 6.45) is 0. The molecule has 1 aromatic heterocycles. The number of aromatic hydroxyl groups is 1. The number of ether oxygens (including phenoxy) is 1. The number of hydrogen-bond donors (Lipinski definition) is 2. The quantitative estimate of drug-likeness (QED) is 0.759. The van der Waals surface area contributed by atoms with Crippen LogP contribution in [0.25, 0.3) is 22.4 Å². The van der Waals surface area contributed by atoms with Gasteiger partial charge in [0.05, 0.1) is 22.1 Å². The third kappa shape index (κ3) is 2.25. The molecule has 2 aromatic carbocycles. The second kappa shape index (κ2) is 5.17. The van der Waals surface area contributed by atoms with Gasteiger partial charge in [-0.2, -0.15) is 0 Å². The zero-order valence-electron chi connectivity index (χ0n) is 10.9. The Balaban J connectivity index is 2.13. The molecule has 0 atom stereocenters. The number of nitrogens with zero attached hydrogens (tertiary/aromatic N) is 1. The van der Waals surface area contributed by atoms with Crippen LogP contribution in [-0.2, 0) is 0 Å². The number of phenolic OH excluding ortho intramolecular Hbond substituents is 1. The molecule has 0 spiro atoms. The van der Waals surface area contributed by atoms with Gasteiger partial charge in [-0.3, -0.25) is 0 Å². The molecule has 1 heterocycles. The summed E-state index contributed by atoms with van der Waals surface area (Å²) in [4.78, 5) is 7.80. The summed E-state index contributed by atoms with van der Waals surface area (Å²) in [5, 5.41) is 9.94. The highest BCUT2D eigenvalue weighted by atomic mass is 79.9. The first-order valence-corrected chi connectivity index (χ1v) is 7.08. The van der Waals surface area contributed by atoms with Crippen LogP contribution < -0.4 is 4.74 Å². The number of fused-ring (bicyclic) bond motifs is 1. The second-order valence-electron chi connectivity index (χ2n) is 4.34. The van der Waals surface area contributed by atoms with Crippen LogP contribution >= 0.6 is 15.9 Å². The normalized spacial score (nSPS) is 10.9. The number of hydrogen-bond acceptors (Lipinski definition) is 3. The Morgan fingerprint density at radius 1 is 1.30 bits per heavy atom. The van der Waals surface area contributed by atoms with Gasteiger partial charge in [-0.25, -0.2) is 4.98 Å². The molecular weight excluding hydrogens is 320 g/mol. The molecule has 0 bridgehead atoms. The first kappa shape index (κ1) is 13.0. The standard InChI is InChI=1S/C15H13BrN2O2/c1-2-20-13-8-9(7-10(16)14(13)19)15-17-11-5-3-4-6-12(11)18-15/h3-8,19H,2H2,1H3,(H,17,18). The molecule has 0 fully saturated rings. The van der Waals surface area contributed by atoms with Crippen LogP contribution in [0.15, 0.2) is 40.9 Å². The molecule has 0 saturated carbocycles. The lowest BCUT2D eigenvalue weighted by Gasteiger charge is -2.09. The summed E-state index contributed by atoms with van der Waals surface area (Å²) in [7, 11) is 0. The number of rotatable bonds is 3. The van der Waals surface area contributed by atoms with E-state index in [1.807, 2.05) is 37.3 Å². The molecule has 5 heteroatoms. The van der Waals surface area contributed by atoms with Gasteiger partial charge in [0, 0.05) is 5.56 Å². The molecular formula is C15H13BrN2O2. The monoisotopic (exact) mass is 332 g/mol. The summed E-state index contributed by atoms with van der Waals surface area (Å²) in [6.45, 7) is 2.37. The molecule has 0 aliphatic rings. The van der Waals surface area contributed by atoms with Gasteiger partial charge in [0.15, 0.2) is 11.5 Å². The number of imidazole rings is 1. The predicted octanol–water partition coefficient (Wildman–Crippen LogP) is 4.10. The zero-order valence-corrected chi connectivity index (χ0v) is 12.4. The summed E-state index contributed by atoms with van der Waals surface area (Å²) in [5.41, 5.74) is 2.74. The molecule has 0 radical (unpaired) electrons. The van der Waals surface area contributed by atoms with Crippen molar-refractivity contribution in [2.75, 3.05) is 6.61 Å². The van der Waals surface area contributed by atoms with Crippen LogP contribution in [0.5, 0.6) is 11.5 Å². The van der Waals surface area contributed by atoms with Crippen LogP contribution in [0.3, 0.4) is 0 Å². The van der Waals surface area contributed by atoms with E-state index in [4.69, 9.17) is 4.74 Å². The number of para-hydroxylation sites is 2. The smallest absolute Gasteiger partial charge is 0.172 e. The van der Waals surface area contributed by atoms with Crippen molar-refractivity contribution < 1.29 is 9.84 Å². The van der Waals surface area contributed by atoms with Gasteiger partial charge in [0.1, 0.15) is 5.82 Å². The molecule has 0 amide bonds. The first-order chi connectivity index (χ1) is 9.69. The zero-order chi connectivity index (χ0) is 14.1. The maximum absolute atomic E-state index is 9.94. The summed E-state index contributed by atoms with van der Waals surface area (Å²) < 4.78 is 6.01. The van der Waals surface area contributed by atoms with Gasteiger partial charge in [-0.1, -0.05) is 12.1 Å². The predicted molar refractivity (Wildman–Crippen MR) is 82.1 cm³/mol. The minimum absolute atomic E-state index is 0.103. The van der Waals surface area contributed by atoms with E-state index in [9.17, 15) is 5.11 Å². The topological polar surface area (TPSA) is 58.1 Å². The molecule has 2 N–H and O–H groups in total. The maximum Gasteiger partial charge on any atom is 0.172 e. The van der Waals surface area contributed by atoms with E-state index in [2.05, 4.69) is 25.9 Å². The third-order valence-corrected chi connectivity index (χ3v) is 3.60. The summed E-state index contributed by atoms with van der Waals surface area (Å²) in [5.74, 6) is 1.29. The van der Waals surface area contributed by atoms with Crippen LogP contribution in [0.2, 0.25) is 0 Å². The van der Waals surface area contributed by atoms with Gasteiger partial charge in [-0.05, 0) is 47.1 Å². The number of H-pyrrole nitrogens is 1. The second-order valence-corrected chi connectivity index (χ2v) is 5.19. The Morgan fingerprint density at radius 3 is 2.85 bits per heavy atom. The lowest BCUT2D eigenvalue weighted by molar-refractivity contribution is 0.317. The Hall–Kier alpha value is -2.01. The number of phenols is 1. The fourth-order valence-corrected chi connectivity index (χ4v) is 2.51. The van der Waals surface area contributed by atoms with E-state index in [1.54, 1.807) is 6.07 Å². The number of benzene rings is 2. The van der Waals surface area contributed by atoms with Crippen LogP contribution in [0, 0.1) is 0 Å². The van der Waals surface area contributed by atoms with E-state index >= 15 is 0 Å². The van der Waals surface area contributed by atoms with Crippen molar-refractivity contribution in [2.45, 2.75) is 6.92 Å². The van der Waals surface area contributed by atoms with Gasteiger partial charge in [-0.15, -0.1) is 0 Å². The van der Waals surface area contributed by atoms with Crippen LogP contribution in [-0.4, -0.2) is 21.7 Å². The lowest BCUT2D eigenvalue weighted by atomic mass is 10.2. The molecule has 3 rings (SSSR count). The molecule has 4 nitrogen and oxygen atoms in total. The molecule has 20 heavy (non-hydrogen) atoms. The van der Waals surface area contributed by atoms with Gasteiger partial charge in [0.25, 0.3) is 0 Å². The maximum atomic E-state index is 9.94. The van der Waals surface area contributed by atoms with Crippen molar-refractivity contribution in [1.29, 1.82) is 0 Å². The fourth-order valence-electron chi connectivity index (χ4n) is 2.07. The molecule has 3 aromatic rings. The Morgan fingerprint density at radius 2 is 2.10 bits per heavy atom. The van der Waals surface area contributed by atoms with E-state index in [0.29, 0.717) is 16.8 Å². The van der Waals surface area contributed by atoms with Crippen molar-refractivity contribution in [2.24, 2.45) is 0 Å². The van der Waals surface area contributed by atoms with E-state index in [1.165, 1.54) is 0 Å². The average Bonchev–Trinajstić information content (AvgIpc) is 2.87. The average molecular weight is 333 g/mol. The SMILES string of the molecule is CCOc1cc(-c2nc3ccccc3[nH]2)cc(Br)c1O. The minimum Gasteiger partial charge on any atom is -0.503 e. The fraction of sp³-hybridized carbons (Fsp3) is 0.133. The molecule has 0 saturated heterocycles. The number of halogens is 1. The Bertz CT molecular complexity index is 735. The van der Waals surface area contributed by atoms with Gasteiger partial charge >= 0.3 is 0 Å². The number of nitrogens with one attached hydrogen (secondary N) is 1. The number of aromatic nitrogens is 2. The van der Waals surface area contributed by atoms with Gasteiger partial charge in [0.2, 0.25) is 0 Å². The van der Waals surface area contributed by atoms with Crippen molar-refractivity contribution in [3.63, 3.8) is 0 Å². The first-order valence-electron chi connectivity index (χ1n) is 6.29.